The topological polar surface area (TPSA) is 53.1 Å². The molecule has 2 aliphatic heterocycles. The first kappa shape index (κ1) is 8.29. The summed E-state index contributed by atoms with van der Waals surface area (Å²) in [6.07, 6.45) is 4.40. The molecule has 3 aliphatic rings. The molecule has 1 aromatic rings. The first-order valence-electron chi connectivity index (χ1n) is 5.10. The van der Waals surface area contributed by atoms with Crippen LogP contribution in [0.3, 0.4) is 0 Å². The predicted octanol–water partition coefficient (Wildman–Crippen LogP) is 0.953. The summed E-state index contributed by atoms with van der Waals surface area (Å²) in [6.45, 7) is 3.78. The maximum Gasteiger partial charge on any atom is 0.148 e. The zero-order chi connectivity index (χ0) is 9.76. The molecule has 4 rings (SSSR count). The van der Waals surface area contributed by atoms with Crippen molar-refractivity contribution in [2.45, 2.75) is 31.9 Å². The van der Waals surface area contributed by atoms with Gasteiger partial charge >= 0.3 is 0 Å². The van der Waals surface area contributed by atoms with E-state index in [1.807, 2.05) is 17.8 Å². The number of aryl methyl sites for hydroxylation is 1. The van der Waals surface area contributed by atoms with Crippen molar-refractivity contribution >= 4 is 5.82 Å². The summed E-state index contributed by atoms with van der Waals surface area (Å²) < 4.78 is 7.69. The van der Waals surface area contributed by atoms with Crippen LogP contribution in [0.5, 0.6) is 0 Å². The molecule has 1 saturated carbocycles. The van der Waals surface area contributed by atoms with Crippen LogP contribution in [0.15, 0.2) is 6.20 Å². The van der Waals surface area contributed by atoms with Crippen molar-refractivity contribution in [1.82, 2.24) is 9.78 Å². The first-order chi connectivity index (χ1) is 6.67. The van der Waals surface area contributed by atoms with Crippen LogP contribution in [0.4, 0.5) is 5.82 Å². The molecule has 4 nitrogen and oxygen atoms in total. The fourth-order valence-electron chi connectivity index (χ4n) is 2.61. The molecule has 0 amide bonds. The molecule has 0 unspecified atom stereocenters. The molecule has 3 heterocycles. The van der Waals surface area contributed by atoms with Gasteiger partial charge < -0.3 is 10.5 Å². The average molecular weight is 193 g/mol. The highest BCUT2D eigenvalue weighted by Gasteiger charge is 2.52. The van der Waals surface area contributed by atoms with E-state index in [2.05, 4.69) is 5.10 Å². The van der Waals surface area contributed by atoms with Gasteiger partial charge in [0.05, 0.1) is 18.8 Å². The second kappa shape index (κ2) is 2.51. The Kier molecular flexibility index (Phi) is 1.49. The smallest absolute Gasteiger partial charge is 0.148 e. The summed E-state index contributed by atoms with van der Waals surface area (Å²) >= 11 is 0. The van der Waals surface area contributed by atoms with Crippen LogP contribution >= 0.6 is 0 Å². The number of nitrogens with zero attached hydrogens (tertiary/aromatic N) is 2. The minimum Gasteiger partial charge on any atom is -0.382 e. The number of fused-ring (bicyclic) bond motifs is 1. The van der Waals surface area contributed by atoms with Crippen molar-refractivity contribution in [2.24, 2.45) is 5.92 Å². The lowest BCUT2D eigenvalue weighted by Gasteiger charge is -2.35. The molecule has 76 valence electrons. The van der Waals surface area contributed by atoms with Gasteiger partial charge in [-0.05, 0) is 25.7 Å². The van der Waals surface area contributed by atoms with E-state index in [0.717, 1.165) is 24.6 Å². The van der Waals surface area contributed by atoms with Crippen molar-refractivity contribution in [3.8, 4) is 0 Å². The number of nitrogen functional groups attached to an aromatic ring is 1. The van der Waals surface area contributed by atoms with E-state index in [4.69, 9.17) is 10.5 Å². The Morgan fingerprint density at radius 3 is 3.00 bits per heavy atom. The highest BCUT2D eigenvalue weighted by molar-refractivity contribution is 5.35. The van der Waals surface area contributed by atoms with E-state index in [1.165, 1.54) is 12.8 Å². The van der Waals surface area contributed by atoms with E-state index >= 15 is 0 Å². The largest absolute Gasteiger partial charge is 0.382 e. The summed E-state index contributed by atoms with van der Waals surface area (Å²) in [5.74, 6) is 1.44. The van der Waals surface area contributed by atoms with Crippen LogP contribution in [-0.2, 0) is 11.3 Å². The predicted molar refractivity (Wildman–Crippen MR) is 52.8 cm³/mol. The Balaban J connectivity index is 1.78. The van der Waals surface area contributed by atoms with Crippen LogP contribution in [0.25, 0.3) is 0 Å². The maximum atomic E-state index is 5.77. The number of anilines is 1. The molecule has 3 fully saturated rings. The van der Waals surface area contributed by atoms with Gasteiger partial charge in [0.1, 0.15) is 5.82 Å². The number of hydrogen-bond donors (Lipinski definition) is 1. The lowest BCUT2D eigenvalue weighted by atomic mass is 9.75. The highest BCUT2D eigenvalue weighted by Crippen LogP contribution is 2.49. The molecule has 14 heavy (non-hydrogen) atoms. The average Bonchev–Trinajstić information content (AvgIpc) is 2.67. The van der Waals surface area contributed by atoms with Crippen LogP contribution in [0, 0.1) is 12.8 Å². The third-order valence-electron chi connectivity index (χ3n) is 3.38. The zero-order valence-corrected chi connectivity index (χ0v) is 8.36. The van der Waals surface area contributed by atoms with Crippen LogP contribution in [-0.4, -0.2) is 22.0 Å². The van der Waals surface area contributed by atoms with Crippen molar-refractivity contribution < 1.29 is 4.74 Å². The number of rotatable bonds is 2. The monoisotopic (exact) mass is 193 g/mol. The molecule has 1 aliphatic carbocycles. The third kappa shape index (κ3) is 1.07. The molecular weight excluding hydrogens is 178 g/mol. The Labute approximate surface area is 83.0 Å². The van der Waals surface area contributed by atoms with Gasteiger partial charge in [-0.1, -0.05) is 0 Å². The third-order valence-corrected chi connectivity index (χ3v) is 3.38. The van der Waals surface area contributed by atoms with E-state index < -0.39 is 0 Å². The van der Waals surface area contributed by atoms with Crippen molar-refractivity contribution in [3.05, 3.63) is 11.8 Å². The van der Waals surface area contributed by atoms with E-state index in [-0.39, 0.29) is 5.60 Å². The first-order valence-corrected chi connectivity index (χ1v) is 5.10. The Morgan fingerprint density at radius 2 is 2.50 bits per heavy atom. The highest BCUT2D eigenvalue weighted by atomic mass is 16.5. The van der Waals surface area contributed by atoms with Gasteiger partial charge in [-0.2, -0.15) is 5.10 Å². The molecule has 0 atom stereocenters. The molecule has 1 aromatic heterocycles. The number of ether oxygens (including phenoxy) is 1. The lowest BCUT2D eigenvalue weighted by Crippen LogP contribution is -2.40. The summed E-state index contributed by atoms with van der Waals surface area (Å²) in [7, 11) is 0. The van der Waals surface area contributed by atoms with Gasteiger partial charge in [-0.3, -0.25) is 4.68 Å². The van der Waals surface area contributed by atoms with Gasteiger partial charge in [0.25, 0.3) is 0 Å². The van der Waals surface area contributed by atoms with Crippen molar-refractivity contribution in [2.75, 3.05) is 12.3 Å². The van der Waals surface area contributed by atoms with Crippen LogP contribution in [0.1, 0.15) is 18.4 Å². The van der Waals surface area contributed by atoms with E-state index in [1.54, 1.807) is 0 Å². The number of hydrogen-bond acceptors (Lipinski definition) is 3. The summed E-state index contributed by atoms with van der Waals surface area (Å²) in [5, 5.41) is 4.26. The fourth-order valence-corrected chi connectivity index (χ4v) is 2.61. The zero-order valence-electron chi connectivity index (χ0n) is 8.36. The molecule has 2 N–H and O–H groups in total. The molecule has 2 bridgehead atoms. The Bertz CT molecular complexity index is 340. The van der Waals surface area contributed by atoms with Crippen molar-refractivity contribution in [3.63, 3.8) is 0 Å². The minimum absolute atomic E-state index is 0.0928. The van der Waals surface area contributed by atoms with Crippen LogP contribution < -0.4 is 5.73 Å². The molecule has 2 saturated heterocycles. The molecular formula is C10H15N3O. The maximum absolute atomic E-state index is 5.77. The van der Waals surface area contributed by atoms with E-state index in [0.29, 0.717) is 5.82 Å². The molecule has 0 radical (unpaired) electrons. The standard InChI is InChI=1S/C10H15N3O/c1-7-4-13(12-9(7)11)6-10-2-8(3-10)5-14-10/h4,8H,2-3,5-6H2,1H3,(H2,11,12). The van der Waals surface area contributed by atoms with E-state index in [9.17, 15) is 0 Å². The summed E-state index contributed by atoms with van der Waals surface area (Å²) in [5.41, 5.74) is 6.84. The summed E-state index contributed by atoms with van der Waals surface area (Å²) in [6, 6.07) is 0. The lowest BCUT2D eigenvalue weighted by molar-refractivity contribution is -0.0163. The SMILES string of the molecule is Cc1cn(CC23CC(CO2)C3)nc1N. The van der Waals surface area contributed by atoms with Gasteiger partial charge in [-0.15, -0.1) is 0 Å². The van der Waals surface area contributed by atoms with Gasteiger partial charge in [-0.25, -0.2) is 0 Å². The Hall–Kier alpha value is -1.03. The molecule has 0 spiro atoms. The minimum atomic E-state index is 0.0928. The molecule has 4 heteroatoms. The second-order valence-corrected chi connectivity index (χ2v) is 4.66. The number of nitrogens with two attached hydrogens (primary N) is 1. The van der Waals surface area contributed by atoms with Gasteiger partial charge in [0.15, 0.2) is 0 Å². The van der Waals surface area contributed by atoms with Gasteiger partial charge in [0, 0.05) is 11.8 Å². The normalized spacial score (nSPS) is 34.5. The fraction of sp³-hybridized carbons (Fsp3) is 0.700. The quantitative estimate of drug-likeness (QED) is 0.761. The van der Waals surface area contributed by atoms with Gasteiger partial charge in [0.2, 0.25) is 0 Å². The summed E-state index contributed by atoms with van der Waals surface area (Å²) in [4.78, 5) is 0. The van der Waals surface area contributed by atoms with Crippen molar-refractivity contribution in [1.29, 1.82) is 0 Å². The Morgan fingerprint density at radius 1 is 1.71 bits per heavy atom. The van der Waals surface area contributed by atoms with Crippen LogP contribution in [0.2, 0.25) is 0 Å². The number of aromatic nitrogens is 2. The second-order valence-electron chi connectivity index (χ2n) is 4.66. The molecule has 0 aromatic carbocycles.